The number of phenols is 1. The average molecular weight is 235 g/mol. The van der Waals surface area contributed by atoms with Gasteiger partial charge in [-0.05, 0) is 12.5 Å². The van der Waals surface area contributed by atoms with Crippen molar-refractivity contribution in [2.24, 2.45) is 5.73 Å². The summed E-state index contributed by atoms with van der Waals surface area (Å²) in [7, 11) is 0. The van der Waals surface area contributed by atoms with Crippen molar-refractivity contribution in [1.82, 2.24) is 0 Å². The third-order valence-corrected chi connectivity index (χ3v) is 2.34. The van der Waals surface area contributed by atoms with Crippen molar-refractivity contribution in [3.8, 4) is 5.75 Å². The van der Waals surface area contributed by atoms with Crippen LogP contribution in [-0.2, 0) is 0 Å². The molecule has 4 N–H and O–H groups in total. The van der Waals surface area contributed by atoms with E-state index in [2.05, 4.69) is 0 Å². The molecular weight excluding hydrogens is 223 g/mol. The number of phenolic OH excluding ortho intramolecular Hbond substituents is 1. The largest absolute Gasteiger partial charge is 0.505 e. The van der Waals surface area contributed by atoms with E-state index in [9.17, 15) is 18.3 Å². The molecule has 1 rings (SSSR count). The van der Waals surface area contributed by atoms with Gasteiger partial charge in [-0.2, -0.15) is 0 Å². The first kappa shape index (κ1) is 12.8. The monoisotopic (exact) mass is 235 g/mol. The molecule has 16 heavy (non-hydrogen) atoms. The lowest BCUT2D eigenvalue weighted by Gasteiger charge is -2.22. The van der Waals surface area contributed by atoms with E-state index in [1.165, 1.54) is 13.0 Å². The van der Waals surface area contributed by atoms with Gasteiger partial charge in [0.25, 0.3) is 5.92 Å². The molecule has 0 bridgehead atoms. The molecule has 0 aliphatic carbocycles. The summed E-state index contributed by atoms with van der Waals surface area (Å²) in [4.78, 5) is 0. The second-order valence-corrected chi connectivity index (χ2v) is 3.53. The first-order valence-electron chi connectivity index (χ1n) is 4.53. The highest BCUT2D eigenvalue weighted by atomic mass is 19.3. The normalized spacial score (nSPS) is 13.9. The van der Waals surface area contributed by atoms with Gasteiger partial charge in [0.1, 0.15) is 12.6 Å². The van der Waals surface area contributed by atoms with Crippen LogP contribution in [0.2, 0.25) is 0 Å². The van der Waals surface area contributed by atoms with E-state index in [0.29, 0.717) is 0 Å². The van der Waals surface area contributed by atoms with E-state index in [1.807, 2.05) is 0 Å². The van der Waals surface area contributed by atoms with Crippen molar-refractivity contribution in [3.05, 3.63) is 29.1 Å². The molecule has 3 nitrogen and oxygen atoms in total. The van der Waals surface area contributed by atoms with Crippen LogP contribution >= 0.6 is 0 Å². The number of aryl methyl sites for hydroxylation is 1. The molecule has 0 aromatic heterocycles. The molecule has 0 aliphatic heterocycles. The van der Waals surface area contributed by atoms with E-state index in [0.717, 1.165) is 6.07 Å². The fourth-order valence-electron chi connectivity index (χ4n) is 1.26. The number of halogens is 3. The SMILES string of the molecule is Cc1ccc([C@H](N)C(F)(F)CO)c(O)c1F. The predicted octanol–water partition coefficient (Wildman–Crippen LogP) is 1.47. The molecule has 0 fully saturated rings. The van der Waals surface area contributed by atoms with Crippen molar-refractivity contribution in [1.29, 1.82) is 0 Å². The van der Waals surface area contributed by atoms with Crippen LogP contribution in [0, 0.1) is 12.7 Å². The minimum absolute atomic E-state index is 0.126. The van der Waals surface area contributed by atoms with Gasteiger partial charge < -0.3 is 15.9 Å². The van der Waals surface area contributed by atoms with E-state index in [4.69, 9.17) is 10.8 Å². The maximum atomic E-state index is 13.2. The summed E-state index contributed by atoms with van der Waals surface area (Å²) < 4.78 is 39.3. The molecule has 1 aromatic carbocycles. The number of rotatable bonds is 3. The van der Waals surface area contributed by atoms with E-state index < -0.39 is 35.7 Å². The third kappa shape index (κ3) is 2.12. The number of aliphatic hydroxyl groups is 1. The van der Waals surface area contributed by atoms with Crippen LogP contribution in [0.25, 0.3) is 0 Å². The number of hydrogen-bond acceptors (Lipinski definition) is 3. The Morgan fingerprint density at radius 3 is 2.50 bits per heavy atom. The summed E-state index contributed by atoms with van der Waals surface area (Å²) in [6, 6.07) is 0.396. The maximum Gasteiger partial charge on any atom is 0.289 e. The summed E-state index contributed by atoms with van der Waals surface area (Å²) in [6.45, 7) is -0.0857. The lowest BCUT2D eigenvalue weighted by molar-refractivity contribution is -0.0716. The van der Waals surface area contributed by atoms with Crippen LogP contribution in [0.1, 0.15) is 17.2 Å². The van der Waals surface area contributed by atoms with Crippen molar-refractivity contribution in [2.45, 2.75) is 18.9 Å². The van der Waals surface area contributed by atoms with Gasteiger partial charge in [0.2, 0.25) is 0 Å². The lowest BCUT2D eigenvalue weighted by Crippen LogP contribution is -2.36. The Morgan fingerprint density at radius 2 is 2.00 bits per heavy atom. The standard InChI is InChI=1S/C10H12F3NO2/c1-5-2-3-6(8(16)7(5)11)9(14)10(12,13)4-15/h2-3,9,15-16H,4,14H2,1H3/t9-/m0/s1. The second kappa shape index (κ2) is 4.31. The van der Waals surface area contributed by atoms with Gasteiger partial charge in [-0.25, -0.2) is 13.2 Å². The first-order chi connectivity index (χ1) is 7.31. The van der Waals surface area contributed by atoms with Gasteiger partial charge in [0.05, 0.1) is 0 Å². The summed E-state index contributed by atoms with van der Waals surface area (Å²) >= 11 is 0. The maximum absolute atomic E-state index is 13.2. The molecule has 0 aliphatic rings. The first-order valence-corrected chi connectivity index (χ1v) is 4.53. The Bertz CT molecular complexity index is 396. The Labute approximate surface area is 90.3 Å². The smallest absolute Gasteiger partial charge is 0.289 e. The van der Waals surface area contributed by atoms with Gasteiger partial charge in [-0.15, -0.1) is 0 Å². The van der Waals surface area contributed by atoms with Crippen LogP contribution in [0.4, 0.5) is 13.2 Å². The summed E-state index contributed by atoms with van der Waals surface area (Å²) in [5.74, 6) is -5.50. The molecular formula is C10H12F3NO2. The fourth-order valence-corrected chi connectivity index (χ4v) is 1.26. The number of aliphatic hydroxyl groups excluding tert-OH is 1. The molecule has 0 spiro atoms. The molecule has 1 atom stereocenters. The third-order valence-electron chi connectivity index (χ3n) is 2.34. The molecule has 0 heterocycles. The zero-order chi connectivity index (χ0) is 12.5. The van der Waals surface area contributed by atoms with Crippen LogP contribution in [0.5, 0.6) is 5.75 Å². The van der Waals surface area contributed by atoms with Crippen molar-refractivity contribution >= 4 is 0 Å². The van der Waals surface area contributed by atoms with Crippen molar-refractivity contribution in [3.63, 3.8) is 0 Å². The fraction of sp³-hybridized carbons (Fsp3) is 0.400. The van der Waals surface area contributed by atoms with E-state index >= 15 is 0 Å². The van der Waals surface area contributed by atoms with Crippen LogP contribution < -0.4 is 5.73 Å². The molecule has 0 saturated carbocycles. The zero-order valence-electron chi connectivity index (χ0n) is 8.54. The minimum Gasteiger partial charge on any atom is -0.505 e. The van der Waals surface area contributed by atoms with Gasteiger partial charge in [0, 0.05) is 5.56 Å². The Morgan fingerprint density at radius 1 is 1.44 bits per heavy atom. The zero-order valence-corrected chi connectivity index (χ0v) is 8.54. The number of nitrogens with two attached hydrogens (primary N) is 1. The Kier molecular flexibility index (Phi) is 3.44. The molecule has 0 unspecified atom stereocenters. The van der Waals surface area contributed by atoms with E-state index in [1.54, 1.807) is 0 Å². The van der Waals surface area contributed by atoms with Crippen LogP contribution in [0.15, 0.2) is 12.1 Å². The highest BCUT2D eigenvalue weighted by molar-refractivity contribution is 5.40. The van der Waals surface area contributed by atoms with Gasteiger partial charge in [0.15, 0.2) is 11.6 Å². The molecule has 1 aromatic rings. The van der Waals surface area contributed by atoms with E-state index in [-0.39, 0.29) is 5.56 Å². The number of benzene rings is 1. The molecule has 0 radical (unpaired) electrons. The second-order valence-electron chi connectivity index (χ2n) is 3.53. The molecule has 0 saturated heterocycles. The highest BCUT2D eigenvalue weighted by Crippen LogP contribution is 2.35. The Hall–Kier alpha value is -1.27. The predicted molar refractivity (Wildman–Crippen MR) is 51.8 cm³/mol. The van der Waals surface area contributed by atoms with Gasteiger partial charge in [-0.3, -0.25) is 0 Å². The summed E-state index contributed by atoms with van der Waals surface area (Å²) in [5.41, 5.74) is 4.86. The quantitative estimate of drug-likeness (QED) is 0.743. The number of aromatic hydroxyl groups is 1. The molecule has 6 heteroatoms. The molecule has 0 amide bonds. The van der Waals surface area contributed by atoms with Gasteiger partial charge in [-0.1, -0.05) is 12.1 Å². The van der Waals surface area contributed by atoms with Crippen molar-refractivity contribution < 1.29 is 23.4 Å². The van der Waals surface area contributed by atoms with Crippen LogP contribution in [-0.4, -0.2) is 22.7 Å². The highest BCUT2D eigenvalue weighted by Gasteiger charge is 2.39. The lowest BCUT2D eigenvalue weighted by atomic mass is 9.99. The van der Waals surface area contributed by atoms with Gasteiger partial charge >= 0.3 is 0 Å². The van der Waals surface area contributed by atoms with Crippen LogP contribution in [0.3, 0.4) is 0 Å². The number of alkyl halides is 2. The topological polar surface area (TPSA) is 66.5 Å². The summed E-state index contributed by atoms with van der Waals surface area (Å²) in [5, 5.41) is 17.8. The number of hydrogen-bond donors (Lipinski definition) is 3. The minimum atomic E-state index is -3.61. The Balaban J connectivity index is 3.20. The van der Waals surface area contributed by atoms with Crippen molar-refractivity contribution in [2.75, 3.05) is 6.61 Å². The molecule has 90 valence electrons. The average Bonchev–Trinajstić information content (AvgIpc) is 2.25. The summed E-state index contributed by atoms with van der Waals surface area (Å²) in [6.07, 6.45) is 0.